The van der Waals surface area contributed by atoms with Gasteiger partial charge in [0.25, 0.3) is 0 Å². The summed E-state index contributed by atoms with van der Waals surface area (Å²) in [7, 11) is -1.71. The second-order valence-corrected chi connectivity index (χ2v) is 7.66. The highest BCUT2D eigenvalue weighted by atomic mass is 79.9. The zero-order valence-corrected chi connectivity index (χ0v) is 14.8. The maximum atomic E-state index is 12.4. The molecule has 5 nitrogen and oxygen atoms in total. The van der Waals surface area contributed by atoms with Crippen molar-refractivity contribution in [2.75, 3.05) is 0 Å². The first kappa shape index (κ1) is 16.2. The van der Waals surface area contributed by atoms with E-state index in [2.05, 4.69) is 25.8 Å². The molecule has 114 valence electrons. The van der Waals surface area contributed by atoms with E-state index in [4.69, 9.17) is 0 Å². The second-order valence-electron chi connectivity index (χ2n) is 5.01. The monoisotopic (exact) mass is 371 g/mol. The summed E-state index contributed by atoms with van der Waals surface area (Å²) in [6.07, 6.45) is 0. The van der Waals surface area contributed by atoms with Crippen molar-refractivity contribution in [1.82, 2.24) is 14.5 Å². The van der Waals surface area contributed by atoms with Crippen molar-refractivity contribution in [2.24, 2.45) is 7.05 Å². The predicted molar refractivity (Wildman–Crippen MR) is 85.6 cm³/mol. The van der Waals surface area contributed by atoms with E-state index in [9.17, 15) is 8.42 Å². The Morgan fingerprint density at radius 3 is 2.52 bits per heavy atom. The molecule has 0 bridgehead atoms. The molecule has 0 saturated carbocycles. The van der Waals surface area contributed by atoms with Crippen LogP contribution < -0.4 is 4.72 Å². The van der Waals surface area contributed by atoms with Crippen molar-refractivity contribution in [3.8, 4) is 0 Å². The Kier molecular flexibility index (Phi) is 4.55. The number of hydrogen-bond acceptors (Lipinski definition) is 3. The number of benzene rings is 1. The zero-order valence-electron chi connectivity index (χ0n) is 12.4. The fourth-order valence-corrected chi connectivity index (χ4v) is 3.96. The van der Waals surface area contributed by atoms with E-state index in [1.807, 2.05) is 27.0 Å². The van der Waals surface area contributed by atoms with E-state index in [1.165, 1.54) is 0 Å². The van der Waals surface area contributed by atoms with E-state index >= 15 is 0 Å². The number of nitrogens with one attached hydrogen (secondary N) is 1. The SMILES string of the molecule is Cc1ccc(Br)cc1S(=O)(=O)NCc1c(C)nn(C)c1C. The lowest BCUT2D eigenvalue weighted by Crippen LogP contribution is -2.24. The molecule has 1 aromatic carbocycles. The lowest BCUT2D eigenvalue weighted by Gasteiger charge is -2.10. The third kappa shape index (κ3) is 3.36. The van der Waals surface area contributed by atoms with E-state index in [1.54, 1.807) is 23.7 Å². The Hall–Kier alpha value is -1.18. The van der Waals surface area contributed by atoms with Crippen LogP contribution in [0.1, 0.15) is 22.5 Å². The van der Waals surface area contributed by atoms with Crippen LogP contribution in [0, 0.1) is 20.8 Å². The molecule has 0 radical (unpaired) electrons. The average molecular weight is 372 g/mol. The van der Waals surface area contributed by atoms with Gasteiger partial charge in [-0.2, -0.15) is 5.10 Å². The van der Waals surface area contributed by atoms with Gasteiger partial charge in [0.15, 0.2) is 0 Å². The van der Waals surface area contributed by atoms with Gasteiger partial charge < -0.3 is 0 Å². The Balaban J connectivity index is 2.28. The number of rotatable bonds is 4. The van der Waals surface area contributed by atoms with Crippen molar-refractivity contribution >= 4 is 26.0 Å². The van der Waals surface area contributed by atoms with Gasteiger partial charge in [0.05, 0.1) is 10.6 Å². The van der Waals surface area contributed by atoms with Crippen LogP contribution >= 0.6 is 15.9 Å². The number of halogens is 1. The summed E-state index contributed by atoms with van der Waals surface area (Å²) >= 11 is 3.31. The fourth-order valence-electron chi connectivity index (χ4n) is 2.18. The highest BCUT2D eigenvalue weighted by Gasteiger charge is 2.19. The van der Waals surface area contributed by atoms with Crippen LogP contribution in [0.15, 0.2) is 27.6 Å². The second kappa shape index (κ2) is 5.90. The zero-order chi connectivity index (χ0) is 15.8. The molecule has 0 spiro atoms. The first-order valence-corrected chi connectivity index (χ1v) is 8.75. The maximum absolute atomic E-state index is 12.4. The average Bonchev–Trinajstić information content (AvgIpc) is 2.64. The molecule has 0 saturated heterocycles. The predicted octanol–water partition coefficient (Wildman–Crippen LogP) is 2.59. The van der Waals surface area contributed by atoms with Crippen LogP contribution in [-0.2, 0) is 23.6 Å². The standard InChI is InChI=1S/C14H18BrN3O2S/c1-9-5-6-12(15)7-14(9)21(19,20)16-8-13-10(2)17-18(4)11(13)3/h5-7,16H,8H2,1-4H3. The molecule has 7 heteroatoms. The number of sulfonamides is 1. The number of aromatic nitrogens is 2. The Morgan fingerprint density at radius 2 is 1.95 bits per heavy atom. The molecule has 2 aromatic rings. The molecule has 0 fully saturated rings. The van der Waals surface area contributed by atoms with E-state index in [0.29, 0.717) is 5.56 Å². The highest BCUT2D eigenvalue weighted by Crippen LogP contribution is 2.21. The van der Waals surface area contributed by atoms with Gasteiger partial charge in [-0.3, -0.25) is 4.68 Å². The number of aryl methyl sites for hydroxylation is 3. The normalized spacial score (nSPS) is 11.9. The van der Waals surface area contributed by atoms with Gasteiger partial charge in [-0.05, 0) is 38.5 Å². The molecular formula is C14H18BrN3O2S. The Morgan fingerprint density at radius 1 is 1.29 bits per heavy atom. The maximum Gasteiger partial charge on any atom is 0.241 e. The summed E-state index contributed by atoms with van der Waals surface area (Å²) < 4.78 is 30.0. The molecular weight excluding hydrogens is 354 g/mol. The summed E-state index contributed by atoms with van der Waals surface area (Å²) in [4.78, 5) is 0.288. The molecule has 2 rings (SSSR count). The smallest absolute Gasteiger partial charge is 0.241 e. The van der Waals surface area contributed by atoms with E-state index in [-0.39, 0.29) is 11.4 Å². The molecule has 0 aliphatic rings. The summed E-state index contributed by atoms with van der Waals surface area (Å²) in [6.45, 7) is 5.82. The Labute approximate surface area is 133 Å². The van der Waals surface area contributed by atoms with Gasteiger partial charge >= 0.3 is 0 Å². The van der Waals surface area contributed by atoms with Crippen LogP contribution in [0.5, 0.6) is 0 Å². The summed E-state index contributed by atoms with van der Waals surface area (Å²) in [5.74, 6) is 0. The largest absolute Gasteiger partial charge is 0.272 e. The van der Waals surface area contributed by atoms with Gasteiger partial charge in [0.1, 0.15) is 0 Å². The van der Waals surface area contributed by atoms with Crippen LogP contribution in [-0.4, -0.2) is 18.2 Å². The molecule has 0 aliphatic carbocycles. The third-order valence-electron chi connectivity index (χ3n) is 3.54. The topological polar surface area (TPSA) is 64.0 Å². The van der Waals surface area contributed by atoms with Crippen LogP contribution in [0.3, 0.4) is 0 Å². The fraction of sp³-hybridized carbons (Fsp3) is 0.357. The third-order valence-corrected chi connectivity index (χ3v) is 5.57. The Bertz CT molecular complexity index is 782. The molecule has 1 N–H and O–H groups in total. The number of hydrogen-bond donors (Lipinski definition) is 1. The lowest BCUT2D eigenvalue weighted by molar-refractivity contribution is 0.580. The lowest BCUT2D eigenvalue weighted by atomic mass is 10.2. The van der Waals surface area contributed by atoms with E-state index < -0.39 is 10.0 Å². The van der Waals surface area contributed by atoms with Crippen molar-refractivity contribution in [2.45, 2.75) is 32.2 Å². The minimum Gasteiger partial charge on any atom is -0.272 e. The molecule has 1 heterocycles. The van der Waals surface area contributed by atoms with Gasteiger partial charge in [-0.25, -0.2) is 13.1 Å². The van der Waals surface area contributed by atoms with E-state index in [0.717, 1.165) is 21.4 Å². The summed E-state index contributed by atoms with van der Waals surface area (Å²) in [5.41, 5.74) is 3.42. The summed E-state index contributed by atoms with van der Waals surface area (Å²) in [5, 5.41) is 4.29. The number of nitrogens with zero attached hydrogens (tertiary/aromatic N) is 2. The first-order chi connectivity index (χ1) is 9.72. The molecule has 21 heavy (non-hydrogen) atoms. The van der Waals surface area contributed by atoms with Crippen molar-refractivity contribution in [1.29, 1.82) is 0 Å². The van der Waals surface area contributed by atoms with Crippen molar-refractivity contribution in [3.63, 3.8) is 0 Å². The quantitative estimate of drug-likeness (QED) is 0.897. The van der Waals surface area contributed by atoms with Gasteiger partial charge in [0.2, 0.25) is 10.0 Å². The van der Waals surface area contributed by atoms with Crippen molar-refractivity contribution in [3.05, 3.63) is 45.2 Å². The molecule has 1 aromatic heterocycles. The first-order valence-electron chi connectivity index (χ1n) is 6.47. The van der Waals surface area contributed by atoms with Gasteiger partial charge in [-0.1, -0.05) is 22.0 Å². The van der Waals surface area contributed by atoms with Crippen LogP contribution in [0.4, 0.5) is 0 Å². The minimum absolute atomic E-state index is 0.236. The molecule has 0 amide bonds. The minimum atomic E-state index is -3.55. The molecule has 0 unspecified atom stereocenters. The molecule has 0 aliphatic heterocycles. The summed E-state index contributed by atoms with van der Waals surface area (Å²) in [6, 6.07) is 5.21. The van der Waals surface area contributed by atoms with Gasteiger partial charge in [0, 0.05) is 29.3 Å². The van der Waals surface area contributed by atoms with Gasteiger partial charge in [-0.15, -0.1) is 0 Å². The van der Waals surface area contributed by atoms with Crippen LogP contribution in [0.2, 0.25) is 0 Å². The van der Waals surface area contributed by atoms with Crippen LogP contribution in [0.25, 0.3) is 0 Å². The molecule has 0 atom stereocenters. The van der Waals surface area contributed by atoms with Crippen molar-refractivity contribution < 1.29 is 8.42 Å². The highest BCUT2D eigenvalue weighted by molar-refractivity contribution is 9.10.